The summed E-state index contributed by atoms with van der Waals surface area (Å²) >= 11 is 1.92. The molecule has 4 aliphatic rings. The van der Waals surface area contributed by atoms with Gasteiger partial charge in [0.15, 0.2) is 11.6 Å². The van der Waals surface area contributed by atoms with Gasteiger partial charge in [0, 0.05) is 16.4 Å². The van der Waals surface area contributed by atoms with E-state index < -0.39 is 82.5 Å². The number of halogens is 4. The van der Waals surface area contributed by atoms with Gasteiger partial charge in [-0.2, -0.15) is 0 Å². The molecule has 2 unspecified atom stereocenters. The van der Waals surface area contributed by atoms with E-state index >= 15 is 0 Å². The summed E-state index contributed by atoms with van der Waals surface area (Å²) in [6.45, 7) is 0.971. The van der Waals surface area contributed by atoms with Crippen LogP contribution in [-0.2, 0) is 36.9 Å². The molecule has 2 fully saturated rings. The van der Waals surface area contributed by atoms with Crippen molar-refractivity contribution in [2.45, 2.75) is 153 Å². The summed E-state index contributed by atoms with van der Waals surface area (Å²) in [5.74, 6) is -7.76. The number of hydrogen-bond acceptors (Lipinski definition) is 12. The van der Waals surface area contributed by atoms with Crippen LogP contribution in [0.4, 0.5) is 24.5 Å². The number of piperidine rings is 2. The van der Waals surface area contributed by atoms with Gasteiger partial charge in [0.05, 0.1) is 45.8 Å². The molecule has 0 aromatic heterocycles. The van der Waals surface area contributed by atoms with Crippen molar-refractivity contribution >= 4 is 87.1 Å². The molecule has 2 atom stereocenters. The summed E-state index contributed by atoms with van der Waals surface area (Å²) in [6.07, 6.45) is 18.2. The number of benzene rings is 4. The van der Waals surface area contributed by atoms with Gasteiger partial charge in [-0.25, -0.2) is 18.7 Å². The van der Waals surface area contributed by atoms with Crippen molar-refractivity contribution in [1.82, 2.24) is 25.9 Å². The van der Waals surface area contributed by atoms with E-state index in [1.54, 1.807) is 30.3 Å². The first kappa shape index (κ1) is 60.8. The van der Waals surface area contributed by atoms with Gasteiger partial charge in [-0.15, -0.1) is 0 Å². The van der Waals surface area contributed by atoms with Crippen LogP contribution in [0.15, 0.2) is 66.7 Å². The van der Waals surface area contributed by atoms with Crippen LogP contribution in [0.2, 0.25) is 0 Å². The molecular weight excluding hydrogens is 1150 g/mol. The molecule has 4 aromatic rings. The summed E-state index contributed by atoms with van der Waals surface area (Å²) in [5.41, 5.74) is 10.0. The summed E-state index contributed by atoms with van der Waals surface area (Å²) in [7, 11) is 0. The van der Waals surface area contributed by atoms with E-state index in [9.17, 15) is 56.3 Å². The van der Waals surface area contributed by atoms with Crippen LogP contribution in [0.25, 0.3) is 0 Å². The molecule has 0 saturated carbocycles. The van der Waals surface area contributed by atoms with E-state index in [0.717, 1.165) is 142 Å². The minimum atomic E-state index is -1.31. The number of fused-ring (bicyclic) bond motifs is 2. The molecule has 2 saturated heterocycles. The normalized spacial score (nSPS) is 16.8. The lowest BCUT2D eigenvalue weighted by molar-refractivity contribution is -0.137. The first-order valence-electron chi connectivity index (χ1n) is 27.6. The van der Waals surface area contributed by atoms with Crippen molar-refractivity contribution in [2.75, 3.05) is 18.5 Å². The second kappa shape index (κ2) is 29.6. The Morgan fingerprint density at radius 3 is 1.54 bits per heavy atom. The molecule has 8 rings (SSSR count). The van der Waals surface area contributed by atoms with Gasteiger partial charge in [0.2, 0.25) is 23.6 Å². The highest BCUT2D eigenvalue weighted by Crippen LogP contribution is 2.34. The largest absolute Gasteiger partial charge is 0.350 e. The Labute approximate surface area is 476 Å². The fraction of sp³-hybridized carbons (Fsp3) is 0.441. The maximum absolute atomic E-state index is 14.6. The number of carbonyl (C=O) groups excluding carboxylic acids is 9. The van der Waals surface area contributed by atoms with Crippen molar-refractivity contribution in [3.05, 3.63) is 127 Å². The minimum absolute atomic E-state index is 0.0830. The number of hydroxylamine groups is 1. The molecule has 0 bridgehead atoms. The molecule has 0 spiro atoms. The van der Waals surface area contributed by atoms with Crippen molar-refractivity contribution in [3.8, 4) is 0 Å². The van der Waals surface area contributed by atoms with Crippen LogP contribution in [0.1, 0.15) is 191 Å². The number of unbranched alkanes of at least 4 members (excludes halogenated alkanes) is 14. The standard InChI is InChI=1S/C38H40F3IN4O6.C21H27N3O4/c39-27-17-16-26(34(33(27)41)43-29-18-15-24(42)22-28(29)40)35(48)45-52-21-10-8-6-4-2-1-3-5-7-9-12-23-13-11-14-25-32(23)38(51)46(37(25)50)30-19-20-31(47)44-36(30)49;22-13-6-4-2-1-3-5-8-14-9-7-10-15-18(14)21(28)24(20(15)27)16-11-12-17(25)23-19(16)26/h11,13-18,22,30,43H,1-10,12,19-21H2,(H,45,48)(H,44,47,49);7,9-10,16H,1-6,8,11-13,22H2,(H,23,25,26). The Balaban J connectivity index is 0.000000277. The van der Waals surface area contributed by atoms with Gasteiger partial charge in [-0.3, -0.25) is 68.4 Å². The van der Waals surface area contributed by atoms with Gasteiger partial charge in [0.25, 0.3) is 29.5 Å². The van der Waals surface area contributed by atoms with E-state index in [4.69, 9.17) is 10.6 Å². The number of rotatable bonds is 27. The highest BCUT2D eigenvalue weighted by molar-refractivity contribution is 14.1. The molecule has 21 heteroatoms. The number of hydrogen-bond donors (Lipinski definition) is 5. The van der Waals surface area contributed by atoms with Crippen molar-refractivity contribution in [1.29, 1.82) is 0 Å². The average Bonchev–Trinajstić information content (AvgIpc) is 3.89. The quantitative estimate of drug-likeness (QED) is 0.0162. The number of nitrogens with one attached hydrogen (secondary N) is 4. The Morgan fingerprint density at radius 2 is 1.06 bits per heavy atom. The number of imide groups is 4. The SMILES string of the molecule is NCCCCCCCCc1cccc2c1C(=O)N(C1CCC(=O)NC1=O)C2=O.O=C1CCC(N2C(=O)c3cccc(CCCCCCCCCCCCONC(=O)c4ccc(F)c(F)c4Nc4ccc(I)cc4F)c3C2=O)C(=O)N1. The van der Waals surface area contributed by atoms with Gasteiger partial charge in [-0.05, 0) is 134 Å². The first-order chi connectivity index (χ1) is 38.6. The summed E-state index contributed by atoms with van der Waals surface area (Å²) in [6, 6.07) is 14.8. The van der Waals surface area contributed by atoms with Gasteiger partial charge >= 0.3 is 0 Å². The lowest BCUT2D eigenvalue weighted by Gasteiger charge is -2.27. The molecule has 4 aliphatic heterocycles. The maximum atomic E-state index is 14.6. The first-order valence-corrected chi connectivity index (χ1v) is 28.7. The Hall–Kier alpha value is -6.85. The summed E-state index contributed by atoms with van der Waals surface area (Å²) in [5, 5.41) is 6.93. The molecule has 0 radical (unpaired) electrons. The van der Waals surface area contributed by atoms with Gasteiger partial charge < -0.3 is 11.1 Å². The Bertz CT molecular complexity index is 2990. The van der Waals surface area contributed by atoms with Crippen molar-refractivity contribution in [3.63, 3.8) is 0 Å². The van der Waals surface area contributed by atoms with E-state index in [1.165, 1.54) is 12.1 Å². The van der Waals surface area contributed by atoms with Crippen LogP contribution < -0.4 is 27.2 Å². The molecule has 426 valence electrons. The second-order valence-electron chi connectivity index (χ2n) is 20.3. The average molecular weight is 1220 g/mol. The third-order valence-electron chi connectivity index (χ3n) is 14.6. The molecule has 0 aliphatic carbocycles. The van der Waals surface area contributed by atoms with Crippen LogP contribution in [0.3, 0.4) is 0 Å². The molecular formula is C59H67F3IN7O10. The lowest BCUT2D eigenvalue weighted by Crippen LogP contribution is -2.54. The fourth-order valence-electron chi connectivity index (χ4n) is 10.4. The number of aryl methyl sites for hydroxylation is 2. The third-order valence-corrected chi connectivity index (χ3v) is 15.3. The number of carbonyl (C=O) groups is 9. The van der Waals surface area contributed by atoms with Crippen LogP contribution in [0.5, 0.6) is 0 Å². The number of amides is 9. The topological polar surface area (TPSA) is 243 Å². The monoisotopic (exact) mass is 1220 g/mol. The van der Waals surface area contributed by atoms with E-state index in [1.807, 2.05) is 34.7 Å². The minimum Gasteiger partial charge on any atom is -0.350 e. The molecule has 80 heavy (non-hydrogen) atoms. The summed E-state index contributed by atoms with van der Waals surface area (Å²) in [4.78, 5) is 119. The number of nitrogens with two attached hydrogens (primary N) is 1. The smallest absolute Gasteiger partial charge is 0.277 e. The van der Waals surface area contributed by atoms with Crippen LogP contribution in [-0.4, -0.2) is 88.2 Å². The number of anilines is 2. The van der Waals surface area contributed by atoms with Gasteiger partial charge in [-0.1, -0.05) is 101 Å². The second-order valence-corrected chi connectivity index (χ2v) is 21.6. The molecule has 17 nitrogen and oxygen atoms in total. The zero-order chi connectivity index (χ0) is 57.3. The number of nitrogens with zero attached hydrogens (tertiary/aromatic N) is 2. The predicted octanol–water partition coefficient (Wildman–Crippen LogP) is 9.59. The Kier molecular flexibility index (Phi) is 22.5. The van der Waals surface area contributed by atoms with Gasteiger partial charge in [0.1, 0.15) is 17.9 Å². The van der Waals surface area contributed by atoms with Crippen molar-refractivity contribution < 1.29 is 61.2 Å². The van der Waals surface area contributed by atoms with E-state index in [2.05, 4.69) is 21.4 Å². The molecule has 4 heterocycles. The zero-order valence-corrected chi connectivity index (χ0v) is 46.7. The maximum Gasteiger partial charge on any atom is 0.277 e. The van der Waals surface area contributed by atoms with Crippen LogP contribution in [0, 0.1) is 21.0 Å². The zero-order valence-electron chi connectivity index (χ0n) is 44.5. The lowest BCUT2D eigenvalue weighted by atomic mass is 9.97. The molecule has 9 amide bonds. The van der Waals surface area contributed by atoms with E-state index in [0.29, 0.717) is 38.7 Å². The Morgan fingerprint density at radius 1 is 0.588 bits per heavy atom. The van der Waals surface area contributed by atoms with E-state index in [-0.39, 0.29) is 49.4 Å². The van der Waals surface area contributed by atoms with Crippen LogP contribution >= 0.6 is 22.6 Å². The summed E-state index contributed by atoms with van der Waals surface area (Å²) < 4.78 is 43.5. The fourth-order valence-corrected chi connectivity index (χ4v) is 10.9. The van der Waals surface area contributed by atoms with Crippen molar-refractivity contribution in [2.24, 2.45) is 5.73 Å². The highest BCUT2D eigenvalue weighted by atomic mass is 127. The predicted molar refractivity (Wildman–Crippen MR) is 299 cm³/mol. The molecule has 6 N–H and O–H groups in total. The highest BCUT2D eigenvalue weighted by Gasteiger charge is 2.47. The third kappa shape index (κ3) is 15.3. The molecule has 4 aromatic carbocycles.